The molecule has 10 nitrogen and oxygen atoms in total. The molecule has 2 aliphatic carbocycles. The zero-order chi connectivity index (χ0) is 27.5. The van der Waals surface area contributed by atoms with Crippen LogP contribution in [0.1, 0.15) is 61.7 Å². The van der Waals surface area contributed by atoms with E-state index < -0.39 is 18.5 Å². The number of carbonyl (C=O) groups excluding carboxylic acids is 6. The molecule has 39 heavy (non-hydrogen) atoms. The molecule has 0 N–H and O–H groups in total. The normalized spacial score (nSPS) is 26.5. The quantitative estimate of drug-likeness (QED) is 0.349. The SMILES string of the molecule is O=C(OCC(=O)N(CCN1C(=O)C2CCCCC2C1=O)CCN1C(=O)C2CCCCC2C1=O)c1ccccc1. The highest BCUT2D eigenvalue weighted by Crippen LogP contribution is 2.39. The standard InChI is InChI=1S/C29H35N3O7/c33-24(18-39-29(38)19-8-2-1-3-9-19)30(14-16-31-25(34)20-10-4-5-11-21(20)26(31)35)15-17-32-27(36)22-12-6-7-13-23(22)28(32)37/h1-3,8-9,20-23H,4-7,10-18H2. The lowest BCUT2D eigenvalue weighted by atomic mass is 9.81. The van der Waals surface area contributed by atoms with Gasteiger partial charge in [-0.05, 0) is 37.8 Å². The molecule has 4 aliphatic rings. The summed E-state index contributed by atoms with van der Waals surface area (Å²) in [6, 6.07) is 8.30. The van der Waals surface area contributed by atoms with E-state index in [4.69, 9.17) is 4.74 Å². The smallest absolute Gasteiger partial charge is 0.338 e. The summed E-state index contributed by atoms with van der Waals surface area (Å²) in [4.78, 5) is 81.2. The Kier molecular flexibility index (Phi) is 8.09. The number of esters is 1. The molecular formula is C29H35N3O7. The fraction of sp³-hybridized carbons (Fsp3) is 0.586. The van der Waals surface area contributed by atoms with E-state index in [1.165, 1.54) is 14.7 Å². The molecule has 2 saturated carbocycles. The first kappa shape index (κ1) is 27.0. The third kappa shape index (κ3) is 5.46. The van der Waals surface area contributed by atoms with E-state index in [0.29, 0.717) is 31.2 Å². The van der Waals surface area contributed by atoms with Crippen LogP contribution >= 0.6 is 0 Å². The second-order valence-corrected chi connectivity index (χ2v) is 11.0. The zero-order valence-electron chi connectivity index (χ0n) is 22.1. The molecular weight excluding hydrogens is 502 g/mol. The van der Waals surface area contributed by atoms with Crippen LogP contribution in [0.15, 0.2) is 30.3 Å². The second-order valence-electron chi connectivity index (χ2n) is 11.0. The molecule has 5 rings (SSSR count). The summed E-state index contributed by atoms with van der Waals surface area (Å²) in [5.74, 6) is -3.09. The summed E-state index contributed by atoms with van der Waals surface area (Å²) in [5, 5.41) is 0. The van der Waals surface area contributed by atoms with Crippen molar-refractivity contribution in [3.63, 3.8) is 0 Å². The van der Waals surface area contributed by atoms with E-state index in [1.807, 2.05) is 0 Å². The number of likely N-dealkylation sites (tertiary alicyclic amines) is 2. The Hall–Kier alpha value is -3.56. The van der Waals surface area contributed by atoms with Gasteiger partial charge in [-0.15, -0.1) is 0 Å². The molecule has 0 aromatic heterocycles. The molecule has 0 radical (unpaired) electrons. The van der Waals surface area contributed by atoms with Crippen molar-refractivity contribution >= 4 is 35.5 Å². The van der Waals surface area contributed by atoms with E-state index in [2.05, 4.69) is 0 Å². The second kappa shape index (κ2) is 11.7. The maximum absolute atomic E-state index is 13.2. The molecule has 4 atom stereocenters. The van der Waals surface area contributed by atoms with Crippen molar-refractivity contribution in [2.45, 2.75) is 51.4 Å². The Labute approximate surface area is 227 Å². The molecule has 2 saturated heterocycles. The first-order valence-corrected chi connectivity index (χ1v) is 14.1. The van der Waals surface area contributed by atoms with Gasteiger partial charge in [0.15, 0.2) is 6.61 Å². The average molecular weight is 538 g/mol. The number of rotatable bonds is 9. The Morgan fingerprint density at radius 1 is 0.692 bits per heavy atom. The molecule has 1 aromatic carbocycles. The Morgan fingerprint density at radius 3 is 1.51 bits per heavy atom. The van der Waals surface area contributed by atoms with Crippen LogP contribution in [0, 0.1) is 23.7 Å². The summed E-state index contributed by atoms with van der Waals surface area (Å²) in [5.41, 5.74) is 0.309. The number of hydrogen-bond donors (Lipinski definition) is 0. The summed E-state index contributed by atoms with van der Waals surface area (Å²) in [6.45, 7) is -0.427. The predicted molar refractivity (Wildman–Crippen MR) is 138 cm³/mol. The lowest BCUT2D eigenvalue weighted by Gasteiger charge is -2.27. The van der Waals surface area contributed by atoms with E-state index in [1.54, 1.807) is 30.3 Å². The van der Waals surface area contributed by atoms with Crippen LogP contribution in [0.25, 0.3) is 0 Å². The van der Waals surface area contributed by atoms with Crippen molar-refractivity contribution in [3.05, 3.63) is 35.9 Å². The van der Waals surface area contributed by atoms with Crippen molar-refractivity contribution in [2.24, 2.45) is 23.7 Å². The van der Waals surface area contributed by atoms with E-state index >= 15 is 0 Å². The maximum atomic E-state index is 13.2. The minimum absolute atomic E-state index is 0.0240. The third-order valence-corrected chi connectivity index (χ3v) is 8.74. The largest absolute Gasteiger partial charge is 0.452 e. The molecule has 4 fully saturated rings. The first-order chi connectivity index (χ1) is 18.9. The zero-order valence-corrected chi connectivity index (χ0v) is 22.1. The highest BCUT2D eigenvalue weighted by Gasteiger charge is 2.49. The van der Waals surface area contributed by atoms with Gasteiger partial charge in [0.2, 0.25) is 23.6 Å². The van der Waals surface area contributed by atoms with Crippen molar-refractivity contribution in [2.75, 3.05) is 32.8 Å². The van der Waals surface area contributed by atoms with Gasteiger partial charge < -0.3 is 9.64 Å². The molecule has 1 aromatic rings. The number of nitrogens with zero attached hydrogens (tertiary/aromatic N) is 3. The van der Waals surface area contributed by atoms with Crippen LogP contribution in [-0.2, 0) is 28.7 Å². The Bertz CT molecular complexity index is 1050. The van der Waals surface area contributed by atoms with Gasteiger partial charge >= 0.3 is 5.97 Å². The molecule has 2 heterocycles. The number of hydrogen-bond acceptors (Lipinski definition) is 7. The lowest BCUT2D eigenvalue weighted by Crippen LogP contribution is -2.46. The fourth-order valence-corrected chi connectivity index (χ4v) is 6.58. The monoisotopic (exact) mass is 537 g/mol. The summed E-state index contributed by atoms with van der Waals surface area (Å²) in [7, 11) is 0. The van der Waals surface area contributed by atoms with Crippen LogP contribution in [0.4, 0.5) is 0 Å². The molecule has 4 unspecified atom stereocenters. The van der Waals surface area contributed by atoms with Gasteiger partial charge in [0.05, 0.1) is 29.2 Å². The Balaban J connectivity index is 1.24. The number of fused-ring (bicyclic) bond motifs is 2. The van der Waals surface area contributed by atoms with E-state index in [-0.39, 0.29) is 73.5 Å². The van der Waals surface area contributed by atoms with Gasteiger partial charge in [-0.1, -0.05) is 43.9 Å². The predicted octanol–water partition coefficient (Wildman–Crippen LogP) is 2.02. The van der Waals surface area contributed by atoms with Crippen molar-refractivity contribution in [3.8, 4) is 0 Å². The van der Waals surface area contributed by atoms with Crippen LogP contribution in [0.5, 0.6) is 0 Å². The highest BCUT2D eigenvalue weighted by molar-refractivity contribution is 6.06. The third-order valence-electron chi connectivity index (χ3n) is 8.74. The number of carbonyl (C=O) groups is 6. The summed E-state index contributed by atoms with van der Waals surface area (Å²) in [6.07, 6.45) is 6.49. The molecule has 5 amide bonds. The Morgan fingerprint density at radius 2 is 1.10 bits per heavy atom. The van der Waals surface area contributed by atoms with Crippen LogP contribution < -0.4 is 0 Å². The average Bonchev–Trinajstić information content (AvgIpc) is 3.36. The van der Waals surface area contributed by atoms with E-state index in [9.17, 15) is 28.8 Å². The maximum Gasteiger partial charge on any atom is 0.338 e. The number of ether oxygens (including phenoxy) is 1. The molecule has 0 spiro atoms. The highest BCUT2D eigenvalue weighted by atomic mass is 16.5. The molecule has 0 bridgehead atoms. The van der Waals surface area contributed by atoms with Crippen LogP contribution in [0.3, 0.4) is 0 Å². The number of imide groups is 2. The van der Waals surface area contributed by atoms with Crippen molar-refractivity contribution in [1.29, 1.82) is 0 Å². The molecule has 10 heteroatoms. The van der Waals surface area contributed by atoms with Crippen molar-refractivity contribution in [1.82, 2.24) is 14.7 Å². The summed E-state index contributed by atoms with van der Waals surface area (Å²) >= 11 is 0. The minimum atomic E-state index is -0.646. The van der Waals surface area contributed by atoms with Crippen LogP contribution in [-0.4, -0.2) is 83.0 Å². The van der Waals surface area contributed by atoms with Gasteiger partial charge in [0.25, 0.3) is 5.91 Å². The lowest BCUT2D eigenvalue weighted by molar-refractivity contribution is -0.143. The number of amides is 5. The first-order valence-electron chi connectivity index (χ1n) is 14.1. The van der Waals surface area contributed by atoms with Crippen molar-refractivity contribution < 1.29 is 33.5 Å². The molecule has 208 valence electrons. The molecule has 2 aliphatic heterocycles. The van der Waals surface area contributed by atoms with Gasteiger partial charge in [0, 0.05) is 26.2 Å². The number of benzene rings is 1. The topological polar surface area (TPSA) is 121 Å². The van der Waals surface area contributed by atoms with E-state index in [0.717, 1.165) is 25.7 Å². The van der Waals surface area contributed by atoms with Crippen LogP contribution in [0.2, 0.25) is 0 Å². The van der Waals surface area contributed by atoms with Gasteiger partial charge in [0.1, 0.15) is 0 Å². The fourth-order valence-electron chi connectivity index (χ4n) is 6.58. The minimum Gasteiger partial charge on any atom is -0.452 e. The van der Waals surface area contributed by atoms with Gasteiger partial charge in [-0.3, -0.25) is 33.8 Å². The van der Waals surface area contributed by atoms with Gasteiger partial charge in [-0.25, -0.2) is 4.79 Å². The van der Waals surface area contributed by atoms with Gasteiger partial charge in [-0.2, -0.15) is 0 Å². The summed E-state index contributed by atoms with van der Waals surface area (Å²) < 4.78 is 5.23.